The molecule has 0 unspecified atom stereocenters. The average molecular weight is 499 g/mol. The van der Waals surface area contributed by atoms with Crippen molar-refractivity contribution >= 4 is 26.6 Å². The lowest BCUT2D eigenvalue weighted by Gasteiger charge is -2.16. The zero-order valence-corrected chi connectivity index (χ0v) is 19.9. The second-order valence-corrected chi connectivity index (χ2v) is 10.7. The molecule has 35 heavy (non-hydrogen) atoms. The monoisotopic (exact) mass is 498 g/mol. The normalized spacial score (nSPS) is 14.7. The van der Waals surface area contributed by atoms with E-state index in [2.05, 4.69) is 25.5 Å². The summed E-state index contributed by atoms with van der Waals surface area (Å²) in [7, 11) is -2.19. The first-order valence-electron chi connectivity index (χ1n) is 10.9. The van der Waals surface area contributed by atoms with Crippen molar-refractivity contribution in [3.8, 4) is 6.01 Å². The van der Waals surface area contributed by atoms with Gasteiger partial charge in [-0.05, 0) is 44.0 Å². The maximum absolute atomic E-state index is 13.3. The summed E-state index contributed by atoms with van der Waals surface area (Å²) in [6.45, 7) is 2.29. The van der Waals surface area contributed by atoms with Crippen molar-refractivity contribution in [3.05, 3.63) is 60.1 Å². The van der Waals surface area contributed by atoms with Gasteiger partial charge >= 0.3 is 6.01 Å². The van der Waals surface area contributed by atoms with Crippen molar-refractivity contribution in [1.82, 2.24) is 30.0 Å². The highest BCUT2D eigenvalue weighted by Crippen LogP contribution is 2.45. The molecule has 3 aromatic heterocycles. The van der Waals surface area contributed by atoms with Crippen LogP contribution in [0.4, 0.5) is 4.39 Å². The molecule has 10 nitrogen and oxygen atoms in total. The summed E-state index contributed by atoms with van der Waals surface area (Å²) < 4.78 is 46.8. The van der Waals surface area contributed by atoms with E-state index in [9.17, 15) is 17.6 Å². The van der Waals surface area contributed by atoms with Crippen LogP contribution in [-0.2, 0) is 16.9 Å². The molecule has 3 heterocycles. The summed E-state index contributed by atoms with van der Waals surface area (Å²) in [5.41, 5.74) is 1.17. The number of hydrogen-bond acceptors (Lipinski definition) is 7. The maximum atomic E-state index is 13.3. The molecule has 0 saturated heterocycles. The van der Waals surface area contributed by atoms with Crippen LogP contribution in [0.3, 0.4) is 0 Å². The van der Waals surface area contributed by atoms with Crippen LogP contribution in [-0.4, -0.2) is 52.2 Å². The van der Waals surface area contributed by atoms with Gasteiger partial charge in [-0.2, -0.15) is 5.10 Å². The Bertz CT molecular complexity index is 1520. The molecule has 0 atom stereocenters. The van der Waals surface area contributed by atoms with Gasteiger partial charge in [0.05, 0.1) is 40.5 Å². The molecule has 1 aliphatic rings. The van der Waals surface area contributed by atoms with Crippen LogP contribution in [0, 0.1) is 18.2 Å². The first-order valence-corrected chi connectivity index (χ1v) is 12.4. The van der Waals surface area contributed by atoms with Crippen LogP contribution in [0.1, 0.15) is 29.0 Å². The SMILES string of the molecule is Cc1c(S(=O)(=O)c2ccc3[nH]ncc3c2)cc(C(=O)NCC2(COc3ncc(F)cn3)CC2)n1C. The van der Waals surface area contributed by atoms with Gasteiger partial charge in [-0.15, -0.1) is 0 Å². The fourth-order valence-corrected chi connectivity index (χ4v) is 5.45. The molecule has 0 aliphatic heterocycles. The molecule has 182 valence electrons. The first kappa shape index (κ1) is 23.0. The zero-order chi connectivity index (χ0) is 24.8. The number of carbonyl (C=O) groups is 1. The molecule has 12 heteroatoms. The number of nitrogens with one attached hydrogen (secondary N) is 2. The standard InChI is InChI=1S/C23H23FN6O4S/c1-14-20(35(32,33)17-3-4-18-15(7-17)9-28-29-18)8-19(30(14)2)21(31)27-12-23(5-6-23)13-34-22-25-10-16(24)11-26-22/h3-4,7-11H,5-6,12-13H2,1-2H3,(H,27,31)(H,28,29). The van der Waals surface area contributed by atoms with Gasteiger partial charge in [0.2, 0.25) is 9.84 Å². The number of halogens is 1. The van der Waals surface area contributed by atoms with E-state index in [0.29, 0.717) is 17.6 Å². The van der Waals surface area contributed by atoms with Gasteiger partial charge < -0.3 is 14.6 Å². The van der Waals surface area contributed by atoms with E-state index < -0.39 is 15.7 Å². The third kappa shape index (κ3) is 4.36. The van der Waals surface area contributed by atoms with Crippen LogP contribution in [0.2, 0.25) is 0 Å². The van der Waals surface area contributed by atoms with Gasteiger partial charge in [0.25, 0.3) is 5.91 Å². The quantitative estimate of drug-likeness (QED) is 0.382. The van der Waals surface area contributed by atoms with E-state index in [1.807, 2.05) is 0 Å². The summed E-state index contributed by atoms with van der Waals surface area (Å²) in [5, 5.41) is 10.3. The minimum atomic E-state index is -3.85. The number of sulfone groups is 1. The van der Waals surface area contributed by atoms with Crippen LogP contribution in [0.5, 0.6) is 6.01 Å². The molecule has 5 rings (SSSR count). The number of ether oxygens (including phenoxy) is 1. The molecule has 0 bridgehead atoms. The van der Waals surface area contributed by atoms with E-state index in [1.54, 1.807) is 36.9 Å². The molecular weight excluding hydrogens is 475 g/mol. The number of aromatic nitrogens is 5. The van der Waals surface area contributed by atoms with Gasteiger partial charge in [-0.3, -0.25) is 9.89 Å². The van der Waals surface area contributed by atoms with Crippen molar-refractivity contribution < 1.29 is 22.3 Å². The third-order valence-corrected chi connectivity index (χ3v) is 8.28. The highest BCUT2D eigenvalue weighted by molar-refractivity contribution is 7.91. The lowest BCUT2D eigenvalue weighted by Crippen LogP contribution is -2.34. The highest BCUT2D eigenvalue weighted by Gasteiger charge is 2.44. The van der Waals surface area contributed by atoms with Crippen molar-refractivity contribution in [3.63, 3.8) is 0 Å². The van der Waals surface area contributed by atoms with Gasteiger partial charge in [0.1, 0.15) is 5.69 Å². The van der Waals surface area contributed by atoms with E-state index in [0.717, 1.165) is 30.8 Å². The number of benzene rings is 1. The number of rotatable bonds is 8. The van der Waals surface area contributed by atoms with Gasteiger partial charge in [-0.25, -0.2) is 22.8 Å². The van der Waals surface area contributed by atoms with Crippen LogP contribution in [0.25, 0.3) is 10.9 Å². The number of hydrogen-bond donors (Lipinski definition) is 2. The number of H-pyrrole nitrogens is 1. The number of nitrogens with zero attached hydrogens (tertiary/aromatic N) is 4. The Labute approximate surface area is 200 Å². The Morgan fingerprint density at radius 3 is 2.69 bits per heavy atom. The van der Waals surface area contributed by atoms with Crippen LogP contribution < -0.4 is 10.1 Å². The molecule has 1 amide bonds. The Balaban J connectivity index is 1.30. The number of fused-ring (bicyclic) bond motifs is 1. The minimum Gasteiger partial charge on any atom is -0.463 e. The lowest BCUT2D eigenvalue weighted by molar-refractivity contribution is 0.0928. The van der Waals surface area contributed by atoms with Gasteiger partial charge in [0.15, 0.2) is 5.82 Å². The molecule has 1 saturated carbocycles. The zero-order valence-electron chi connectivity index (χ0n) is 19.1. The summed E-state index contributed by atoms with van der Waals surface area (Å²) in [4.78, 5) is 20.7. The van der Waals surface area contributed by atoms with Crippen molar-refractivity contribution in [2.24, 2.45) is 12.5 Å². The highest BCUT2D eigenvalue weighted by atomic mass is 32.2. The molecular formula is C23H23FN6O4S. The third-order valence-electron chi connectivity index (χ3n) is 6.42. The second-order valence-electron chi connectivity index (χ2n) is 8.82. The molecule has 1 aliphatic carbocycles. The van der Waals surface area contributed by atoms with Gasteiger partial charge in [-0.1, -0.05) is 0 Å². The van der Waals surface area contributed by atoms with Gasteiger partial charge in [0, 0.05) is 30.1 Å². The van der Waals surface area contributed by atoms with E-state index >= 15 is 0 Å². The predicted molar refractivity (Wildman–Crippen MR) is 123 cm³/mol. The number of carbonyl (C=O) groups excluding carboxylic acids is 1. The second kappa shape index (κ2) is 8.45. The molecule has 0 spiro atoms. The van der Waals surface area contributed by atoms with Crippen LogP contribution in [0.15, 0.2) is 52.6 Å². The molecule has 0 radical (unpaired) electrons. The minimum absolute atomic E-state index is 0.0746. The predicted octanol–water partition coefficient (Wildman–Crippen LogP) is 2.56. The first-order chi connectivity index (χ1) is 16.7. The number of aromatic amines is 1. The fraction of sp³-hybridized carbons (Fsp3) is 0.304. The lowest BCUT2D eigenvalue weighted by atomic mass is 10.1. The van der Waals surface area contributed by atoms with E-state index in [4.69, 9.17) is 4.74 Å². The Kier molecular flexibility index (Phi) is 5.55. The van der Waals surface area contributed by atoms with E-state index in [1.165, 1.54) is 12.1 Å². The summed E-state index contributed by atoms with van der Waals surface area (Å²) >= 11 is 0. The van der Waals surface area contributed by atoms with Crippen LogP contribution >= 0.6 is 0 Å². The number of amides is 1. The summed E-state index contributed by atoms with van der Waals surface area (Å²) in [5.74, 6) is -0.932. The van der Waals surface area contributed by atoms with Crippen molar-refractivity contribution in [2.45, 2.75) is 29.6 Å². The van der Waals surface area contributed by atoms with Crippen molar-refractivity contribution in [1.29, 1.82) is 0 Å². The van der Waals surface area contributed by atoms with Crippen molar-refractivity contribution in [2.75, 3.05) is 13.2 Å². The largest absolute Gasteiger partial charge is 0.463 e. The molecule has 1 aromatic carbocycles. The Morgan fingerprint density at radius 1 is 1.23 bits per heavy atom. The smallest absolute Gasteiger partial charge is 0.316 e. The van der Waals surface area contributed by atoms with E-state index in [-0.39, 0.29) is 39.4 Å². The molecule has 1 fully saturated rings. The molecule has 2 N–H and O–H groups in total. The molecule has 4 aromatic rings. The topological polar surface area (TPSA) is 132 Å². The maximum Gasteiger partial charge on any atom is 0.316 e. The Hall–Kier alpha value is -3.80. The summed E-state index contributed by atoms with van der Waals surface area (Å²) in [6.07, 6.45) is 5.30. The Morgan fingerprint density at radius 2 is 1.97 bits per heavy atom. The fourth-order valence-electron chi connectivity index (χ4n) is 3.88. The summed E-state index contributed by atoms with van der Waals surface area (Å²) in [6, 6.07) is 6.22. The average Bonchev–Trinajstić information content (AvgIpc) is 3.34.